The van der Waals surface area contributed by atoms with Gasteiger partial charge in [0.25, 0.3) is 0 Å². The van der Waals surface area contributed by atoms with E-state index in [1.165, 1.54) is 4.90 Å². The highest BCUT2D eigenvalue weighted by Gasteiger charge is 2.69. The predicted octanol–water partition coefficient (Wildman–Crippen LogP) is -0.661. The lowest BCUT2D eigenvalue weighted by Crippen LogP contribution is -2.59. The van der Waals surface area contributed by atoms with Gasteiger partial charge in [-0.05, 0) is 35.5 Å². The summed E-state index contributed by atoms with van der Waals surface area (Å²) in [6.45, 7) is 8.23. The van der Waals surface area contributed by atoms with Crippen molar-refractivity contribution in [3.63, 3.8) is 0 Å². The molecule has 1 saturated carbocycles. The number of hydrogen-bond donors (Lipinski definition) is 4. The summed E-state index contributed by atoms with van der Waals surface area (Å²) in [5, 5.41) is 4.87. The minimum Gasteiger partial charge on any atom is -0.368 e. The van der Waals surface area contributed by atoms with E-state index in [4.69, 9.17) is 14.2 Å². The second kappa shape index (κ2) is 7.51. The van der Waals surface area contributed by atoms with E-state index >= 15 is 0 Å². The van der Waals surface area contributed by atoms with Gasteiger partial charge in [0.05, 0.1) is 6.04 Å². The lowest BCUT2D eigenvalue weighted by Gasteiger charge is -2.36. The van der Waals surface area contributed by atoms with Crippen molar-refractivity contribution in [2.45, 2.75) is 65.6 Å². The molecular formula is C21H35N5O4. The number of carbonyl (C=O) groups excluding carboxylic acids is 4. The molecule has 4 amide bonds. The number of likely N-dealkylation sites (tertiary alicyclic amines) is 1. The Morgan fingerprint density at radius 2 is 2.00 bits per heavy atom. The zero-order valence-corrected chi connectivity index (χ0v) is 18.3. The van der Waals surface area contributed by atoms with Crippen LogP contribution in [0.2, 0.25) is 0 Å². The van der Waals surface area contributed by atoms with Gasteiger partial charge in [0.15, 0.2) is 0 Å². The third-order valence-corrected chi connectivity index (χ3v) is 7.07. The highest BCUT2D eigenvalue weighted by molar-refractivity contribution is 5.94. The number of nitrogens with zero attached hydrogens (tertiary/aromatic N) is 1. The molecule has 9 nitrogen and oxygen atoms in total. The molecule has 0 aromatic rings. The third-order valence-electron chi connectivity index (χ3n) is 7.07. The van der Waals surface area contributed by atoms with E-state index in [1.807, 2.05) is 34.6 Å². The molecular weight excluding hydrogens is 386 g/mol. The molecule has 2 aliphatic heterocycles. The van der Waals surface area contributed by atoms with Crippen LogP contribution in [0.3, 0.4) is 0 Å². The van der Waals surface area contributed by atoms with Crippen LogP contribution in [0, 0.1) is 28.6 Å². The molecule has 3 rings (SSSR count). The van der Waals surface area contributed by atoms with Gasteiger partial charge in [0.2, 0.25) is 23.6 Å². The van der Waals surface area contributed by atoms with Crippen molar-refractivity contribution in [3.8, 4) is 0 Å². The van der Waals surface area contributed by atoms with Crippen molar-refractivity contribution in [1.82, 2.24) is 15.5 Å². The van der Waals surface area contributed by atoms with Crippen LogP contribution in [0.4, 0.5) is 0 Å². The summed E-state index contributed by atoms with van der Waals surface area (Å²) >= 11 is 0. The van der Waals surface area contributed by atoms with Crippen LogP contribution in [-0.4, -0.2) is 59.7 Å². The van der Waals surface area contributed by atoms with Gasteiger partial charge in [0.1, 0.15) is 12.1 Å². The average Bonchev–Trinajstić information content (AvgIpc) is 2.96. The van der Waals surface area contributed by atoms with Crippen LogP contribution >= 0.6 is 0 Å². The van der Waals surface area contributed by atoms with E-state index in [0.29, 0.717) is 6.54 Å². The minimum atomic E-state index is -1.86. The number of rotatable bonds is 6. The molecule has 2 heterocycles. The molecule has 168 valence electrons. The topological polar surface area (TPSA) is 148 Å². The molecule has 1 aliphatic carbocycles. The van der Waals surface area contributed by atoms with Crippen LogP contribution in [0.15, 0.2) is 0 Å². The van der Waals surface area contributed by atoms with Gasteiger partial charge in [-0.1, -0.05) is 34.6 Å². The molecule has 1 unspecified atom stereocenters. The smallest absolute Gasteiger partial charge is 0.243 e. The largest absolute Gasteiger partial charge is 0.368 e. The SMILES string of the molecule is [2H]C1([2H])CC(C[C@H](NC(=O)[C@@H]2[C@@H]3[C@H](CN2C(=O)[C@@H](N)C(C)(C)C)C3(C)C)C(N)=O)C(=O)N1. The number of primary amides is 1. The van der Waals surface area contributed by atoms with Crippen molar-refractivity contribution in [1.29, 1.82) is 0 Å². The summed E-state index contributed by atoms with van der Waals surface area (Å²) in [5.74, 6) is -2.82. The molecule has 6 N–H and O–H groups in total. The highest BCUT2D eigenvalue weighted by Crippen LogP contribution is 2.65. The number of nitrogens with one attached hydrogen (secondary N) is 2. The zero-order chi connectivity index (χ0) is 24.4. The molecule has 2 saturated heterocycles. The van der Waals surface area contributed by atoms with E-state index in [1.54, 1.807) is 0 Å². The van der Waals surface area contributed by atoms with Crippen LogP contribution in [0.1, 0.15) is 50.2 Å². The summed E-state index contributed by atoms with van der Waals surface area (Å²) in [7, 11) is 0. The first-order chi connectivity index (χ1) is 14.5. The van der Waals surface area contributed by atoms with Gasteiger partial charge in [-0.25, -0.2) is 0 Å². The van der Waals surface area contributed by atoms with Crippen molar-refractivity contribution in [2.24, 2.45) is 40.1 Å². The van der Waals surface area contributed by atoms with Crippen molar-refractivity contribution in [2.75, 3.05) is 13.0 Å². The zero-order valence-electron chi connectivity index (χ0n) is 20.3. The van der Waals surface area contributed by atoms with Crippen molar-refractivity contribution in [3.05, 3.63) is 0 Å². The van der Waals surface area contributed by atoms with Gasteiger partial charge in [0, 0.05) is 21.7 Å². The molecule has 0 bridgehead atoms. The first-order valence-corrected chi connectivity index (χ1v) is 10.4. The van der Waals surface area contributed by atoms with E-state index in [0.717, 1.165) is 0 Å². The number of hydrogen-bond acceptors (Lipinski definition) is 5. The third kappa shape index (κ3) is 3.91. The average molecular weight is 424 g/mol. The first kappa shape index (κ1) is 19.8. The fraction of sp³-hybridized carbons (Fsp3) is 0.810. The molecule has 0 spiro atoms. The number of fused-ring (bicyclic) bond motifs is 1. The lowest BCUT2D eigenvalue weighted by atomic mass is 9.86. The first-order valence-electron chi connectivity index (χ1n) is 11.4. The summed E-state index contributed by atoms with van der Waals surface area (Å²) in [6.07, 6.45) is -0.218. The summed E-state index contributed by atoms with van der Waals surface area (Å²) in [5.41, 5.74) is 11.1. The van der Waals surface area contributed by atoms with Gasteiger partial charge >= 0.3 is 0 Å². The van der Waals surface area contributed by atoms with Crippen LogP contribution in [0.25, 0.3) is 0 Å². The van der Waals surface area contributed by atoms with Crippen molar-refractivity contribution >= 4 is 23.6 Å². The maximum absolute atomic E-state index is 13.3. The fourth-order valence-corrected chi connectivity index (χ4v) is 4.80. The molecule has 9 heteroatoms. The Morgan fingerprint density at radius 3 is 2.50 bits per heavy atom. The lowest BCUT2D eigenvalue weighted by molar-refractivity contribution is -0.143. The number of carbonyl (C=O) groups is 4. The predicted molar refractivity (Wildman–Crippen MR) is 111 cm³/mol. The van der Waals surface area contributed by atoms with E-state index in [9.17, 15) is 19.2 Å². The monoisotopic (exact) mass is 423 g/mol. The van der Waals surface area contributed by atoms with E-state index in [2.05, 4.69) is 10.6 Å². The fourth-order valence-electron chi connectivity index (χ4n) is 4.80. The summed E-state index contributed by atoms with van der Waals surface area (Å²) < 4.78 is 15.4. The molecule has 0 radical (unpaired) electrons. The Morgan fingerprint density at radius 1 is 1.37 bits per heavy atom. The van der Waals surface area contributed by atoms with Gasteiger partial charge in [-0.3, -0.25) is 19.2 Å². The van der Waals surface area contributed by atoms with Gasteiger partial charge in [-0.15, -0.1) is 0 Å². The number of piperidine rings is 1. The normalized spacial score (nSPS) is 34.2. The molecule has 3 fully saturated rings. The Labute approximate surface area is 180 Å². The summed E-state index contributed by atoms with van der Waals surface area (Å²) in [4.78, 5) is 52.1. The maximum Gasteiger partial charge on any atom is 0.243 e. The summed E-state index contributed by atoms with van der Waals surface area (Å²) in [6, 6.07) is -2.71. The Bertz CT molecular complexity index is 841. The second-order valence-corrected chi connectivity index (χ2v) is 10.5. The van der Waals surface area contributed by atoms with E-state index < -0.39 is 53.7 Å². The van der Waals surface area contributed by atoms with Crippen molar-refractivity contribution < 1.29 is 21.9 Å². The Kier molecular flexibility index (Phi) is 4.95. The maximum atomic E-state index is 13.3. The Balaban J connectivity index is 1.77. The van der Waals surface area contributed by atoms with Gasteiger partial charge in [-0.2, -0.15) is 0 Å². The van der Waals surface area contributed by atoms with Crippen LogP contribution < -0.4 is 22.1 Å². The van der Waals surface area contributed by atoms with Crippen LogP contribution in [-0.2, 0) is 19.2 Å². The van der Waals surface area contributed by atoms with E-state index in [-0.39, 0.29) is 36.0 Å². The Hall–Kier alpha value is -2.16. The standard InChI is InChI=1S/C21H35N5O4/c1-20(2,3)15(22)19(30)26-9-11-13(21(11,4)5)14(26)18(29)25-12(16(23)27)8-10-6-7-24-17(10)28/h10-15H,6-9,22H2,1-5H3,(H2,23,27)(H,24,28)(H,25,29)/t10?,11-,12-,13-,14-,15+/m0/s1/i7D2. The number of nitrogens with two attached hydrogens (primary N) is 2. The second-order valence-electron chi connectivity index (χ2n) is 10.5. The molecule has 30 heavy (non-hydrogen) atoms. The molecule has 0 aromatic carbocycles. The molecule has 0 aromatic heterocycles. The minimum absolute atomic E-state index is 0.0592. The number of amides is 4. The molecule has 6 atom stereocenters. The highest BCUT2D eigenvalue weighted by atomic mass is 16.2. The van der Waals surface area contributed by atoms with Crippen LogP contribution in [0.5, 0.6) is 0 Å². The molecule has 3 aliphatic rings. The quantitative estimate of drug-likeness (QED) is 0.448. The van der Waals surface area contributed by atoms with Gasteiger partial charge < -0.3 is 27.0 Å².